The monoisotopic (exact) mass is 359 g/mol. The Labute approximate surface area is 140 Å². The summed E-state index contributed by atoms with van der Waals surface area (Å²) >= 11 is 12.7. The number of nitrogens with zero attached hydrogens (tertiary/aromatic N) is 2. The van der Waals surface area contributed by atoms with Crippen LogP contribution in [0.1, 0.15) is 6.42 Å². The second kappa shape index (κ2) is 6.99. The second-order valence-electron chi connectivity index (χ2n) is 4.29. The number of halogens is 2. The Morgan fingerprint density at radius 1 is 1.32 bits per heavy atom. The number of rotatable bonds is 3. The lowest BCUT2D eigenvalue weighted by atomic mass is 10.2. The van der Waals surface area contributed by atoms with Crippen LogP contribution in [0.5, 0.6) is 0 Å². The van der Waals surface area contributed by atoms with Crippen molar-refractivity contribution in [1.29, 1.82) is 0 Å². The fourth-order valence-electron chi connectivity index (χ4n) is 1.67. The van der Waals surface area contributed by atoms with Crippen LogP contribution in [0.3, 0.4) is 0 Å². The molecule has 116 valence electrons. The molecule has 1 aliphatic rings. The lowest BCUT2D eigenvalue weighted by Crippen LogP contribution is -2.23. The zero-order valence-corrected chi connectivity index (χ0v) is 13.4. The van der Waals surface area contributed by atoms with Crippen LogP contribution in [-0.4, -0.2) is 28.2 Å². The first kappa shape index (κ1) is 16.6. The summed E-state index contributed by atoms with van der Waals surface area (Å²) < 4.78 is 0. The topological polar surface area (TPSA) is 123 Å². The SMILES string of the molecule is NC(N)=NC1=NC(=O)[C@@H](CC(=O)Nc2cc(Cl)cc(Cl)c2)S1. The fraction of sp³-hybridized carbons (Fsp3) is 0.167. The summed E-state index contributed by atoms with van der Waals surface area (Å²) in [5.74, 6) is -1.02. The van der Waals surface area contributed by atoms with Gasteiger partial charge in [0.05, 0.1) is 0 Å². The zero-order chi connectivity index (χ0) is 16.3. The molecule has 5 N–H and O–H groups in total. The van der Waals surface area contributed by atoms with E-state index in [1.807, 2.05) is 0 Å². The molecule has 0 fully saturated rings. The van der Waals surface area contributed by atoms with E-state index in [9.17, 15) is 9.59 Å². The lowest BCUT2D eigenvalue weighted by molar-refractivity contribution is -0.121. The van der Waals surface area contributed by atoms with E-state index in [1.165, 1.54) is 0 Å². The average molecular weight is 360 g/mol. The predicted octanol–water partition coefficient (Wildman–Crippen LogP) is 1.59. The summed E-state index contributed by atoms with van der Waals surface area (Å²) in [6.07, 6.45) is -0.0688. The van der Waals surface area contributed by atoms with Gasteiger partial charge in [0.15, 0.2) is 11.1 Å². The van der Waals surface area contributed by atoms with Gasteiger partial charge in [0, 0.05) is 22.2 Å². The van der Waals surface area contributed by atoms with Crippen molar-refractivity contribution >= 4 is 63.6 Å². The number of amides is 2. The Morgan fingerprint density at radius 2 is 1.95 bits per heavy atom. The van der Waals surface area contributed by atoms with Crippen molar-refractivity contribution in [1.82, 2.24) is 0 Å². The van der Waals surface area contributed by atoms with E-state index in [1.54, 1.807) is 18.2 Å². The van der Waals surface area contributed by atoms with Crippen LogP contribution >= 0.6 is 35.0 Å². The molecule has 0 radical (unpaired) electrons. The third kappa shape index (κ3) is 4.62. The van der Waals surface area contributed by atoms with Crippen LogP contribution in [0.4, 0.5) is 5.69 Å². The molecular formula is C12H11Cl2N5O2S. The van der Waals surface area contributed by atoms with Crippen LogP contribution < -0.4 is 16.8 Å². The molecule has 1 aromatic rings. The molecule has 0 spiro atoms. The van der Waals surface area contributed by atoms with Crippen molar-refractivity contribution in [3.63, 3.8) is 0 Å². The molecule has 0 unspecified atom stereocenters. The first-order valence-electron chi connectivity index (χ1n) is 5.98. The number of hydrogen-bond acceptors (Lipinski definition) is 4. The van der Waals surface area contributed by atoms with Crippen molar-refractivity contribution in [3.8, 4) is 0 Å². The number of nitrogens with one attached hydrogen (secondary N) is 1. The molecule has 0 bridgehead atoms. The second-order valence-corrected chi connectivity index (χ2v) is 6.33. The Morgan fingerprint density at radius 3 is 2.55 bits per heavy atom. The van der Waals surface area contributed by atoms with E-state index < -0.39 is 11.2 Å². The Balaban J connectivity index is 1.96. The number of anilines is 1. The lowest BCUT2D eigenvalue weighted by Gasteiger charge is -2.08. The first-order valence-corrected chi connectivity index (χ1v) is 7.62. The predicted molar refractivity (Wildman–Crippen MR) is 89.3 cm³/mol. The van der Waals surface area contributed by atoms with E-state index >= 15 is 0 Å². The normalized spacial score (nSPS) is 17.1. The number of amidine groups is 1. The Bertz CT molecular complexity index is 668. The van der Waals surface area contributed by atoms with Crippen LogP contribution in [-0.2, 0) is 9.59 Å². The molecule has 2 amide bonds. The minimum atomic E-state index is -0.659. The molecule has 1 aliphatic heterocycles. The molecule has 22 heavy (non-hydrogen) atoms. The van der Waals surface area contributed by atoms with E-state index in [4.69, 9.17) is 34.7 Å². The Hall–Kier alpha value is -1.77. The maximum absolute atomic E-state index is 12.0. The highest BCUT2D eigenvalue weighted by molar-refractivity contribution is 8.15. The molecule has 1 heterocycles. The van der Waals surface area contributed by atoms with Gasteiger partial charge in [-0.2, -0.15) is 9.98 Å². The summed E-state index contributed by atoms with van der Waals surface area (Å²) in [5.41, 5.74) is 10.9. The summed E-state index contributed by atoms with van der Waals surface area (Å²) in [5, 5.41) is 2.90. The highest BCUT2D eigenvalue weighted by Gasteiger charge is 2.30. The van der Waals surface area contributed by atoms with Gasteiger partial charge < -0.3 is 16.8 Å². The largest absolute Gasteiger partial charge is 0.370 e. The third-order valence-electron chi connectivity index (χ3n) is 2.47. The van der Waals surface area contributed by atoms with Gasteiger partial charge in [-0.05, 0) is 18.2 Å². The number of carbonyl (C=O) groups excluding carboxylic acids is 2. The number of thioether (sulfide) groups is 1. The maximum Gasteiger partial charge on any atom is 0.262 e. The fourth-order valence-corrected chi connectivity index (χ4v) is 3.14. The summed E-state index contributed by atoms with van der Waals surface area (Å²) in [4.78, 5) is 31.0. The van der Waals surface area contributed by atoms with Crippen LogP contribution in [0.25, 0.3) is 0 Å². The number of nitrogens with two attached hydrogens (primary N) is 2. The number of benzene rings is 1. The number of carbonyl (C=O) groups is 2. The third-order valence-corrected chi connectivity index (χ3v) is 3.95. The van der Waals surface area contributed by atoms with E-state index in [2.05, 4.69) is 15.3 Å². The molecule has 2 rings (SSSR count). The average Bonchev–Trinajstić information content (AvgIpc) is 2.66. The van der Waals surface area contributed by atoms with E-state index in [0.717, 1.165) is 11.8 Å². The number of hydrogen-bond donors (Lipinski definition) is 3. The standard InChI is InChI=1S/C12H11Cl2N5O2S/c13-5-1-6(14)3-7(2-5)17-9(20)4-8-10(21)18-12(22-8)19-11(15)16/h1-3,8H,4H2,(H,17,20)(H4,15,16,18,19,21)/t8-/m1/s1. The van der Waals surface area contributed by atoms with Gasteiger partial charge in [-0.1, -0.05) is 35.0 Å². The van der Waals surface area contributed by atoms with E-state index in [0.29, 0.717) is 15.7 Å². The summed E-state index contributed by atoms with van der Waals surface area (Å²) in [6, 6.07) is 4.65. The molecule has 10 heteroatoms. The van der Waals surface area contributed by atoms with Gasteiger partial charge >= 0.3 is 0 Å². The minimum Gasteiger partial charge on any atom is -0.370 e. The zero-order valence-electron chi connectivity index (χ0n) is 11.0. The highest BCUT2D eigenvalue weighted by Crippen LogP contribution is 2.27. The van der Waals surface area contributed by atoms with Gasteiger partial charge in [-0.25, -0.2) is 0 Å². The van der Waals surface area contributed by atoms with E-state index in [-0.39, 0.29) is 23.5 Å². The smallest absolute Gasteiger partial charge is 0.262 e. The Kier molecular flexibility index (Phi) is 5.28. The van der Waals surface area contributed by atoms with Gasteiger partial charge in [-0.15, -0.1) is 0 Å². The summed E-state index contributed by atoms with van der Waals surface area (Å²) in [7, 11) is 0. The quantitative estimate of drug-likeness (QED) is 0.558. The van der Waals surface area contributed by atoms with Crippen molar-refractivity contribution < 1.29 is 9.59 Å². The molecule has 1 atom stereocenters. The maximum atomic E-state index is 12.0. The highest BCUT2D eigenvalue weighted by atomic mass is 35.5. The van der Waals surface area contributed by atoms with Gasteiger partial charge in [-0.3, -0.25) is 9.59 Å². The van der Waals surface area contributed by atoms with Gasteiger partial charge in [0.25, 0.3) is 5.91 Å². The minimum absolute atomic E-state index is 0.0688. The first-order chi connectivity index (χ1) is 10.3. The summed E-state index contributed by atoms with van der Waals surface area (Å²) in [6.45, 7) is 0. The van der Waals surface area contributed by atoms with Crippen molar-refractivity contribution in [3.05, 3.63) is 28.2 Å². The number of aliphatic imine (C=N–C) groups is 2. The molecule has 0 saturated heterocycles. The molecule has 0 aromatic heterocycles. The van der Waals surface area contributed by atoms with Crippen LogP contribution in [0, 0.1) is 0 Å². The molecule has 1 aromatic carbocycles. The van der Waals surface area contributed by atoms with Crippen LogP contribution in [0.15, 0.2) is 28.2 Å². The van der Waals surface area contributed by atoms with Crippen molar-refractivity contribution in [2.45, 2.75) is 11.7 Å². The number of guanidine groups is 1. The van der Waals surface area contributed by atoms with Gasteiger partial charge in [0.1, 0.15) is 5.25 Å². The van der Waals surface area contributed by atoms with Crippen molar-refractivity contribution in [2.75, 3.05) is 5.32 Å². The van der Waals surface area contributed by atoms with Crippen LogP contribution in [0.2, 0.25) is 10.0 Å². The van der Waals surface area contributed by atoms with Crippen molar-refractivity contribution in [2.24, 2.45) is 21.5 Å². The molecular weight excluding hydrogens is 349 g/mol. The molecule has 0 saturated carbocycles. The molecule has 0 aliphatic carbocycles. The van der Waals surface area contributed by atoms with Gasteiger partial charge in [0.2, 0.25) is 5.91 Å². The molecule has 7 nitrogen and oxygen atoms in total.